The fourth-order valence-corrected chi connectivity index (χ4v) is 8.06. The van der Waals surface area contributed by atoms with E-state index < -0.39 is 137 Å². The summed E-state index contributed by atoms with van der Waals surface area (Å²) in [7, 11) is 0. The molecule has 53 heavy (non-hydrogen) atoms. The molecule has 4 rings (SSSR count). The molecule has 20 heteroatoms. The Hall–Kier alpha value is -4.62. The third-order valence-corrected chi connectivity index (χ3v) is 10.0. The second-order valence-corrected chi connectivity index (χ2v) is 14.0. The Kier molecular flexibility index (Phi) is 13.9. The maximum absolute atomic E-state index is 13.7. The van der Waals surface area contributed by atoms with Gasteiger partial charge in [0, 0.05) is 13.8 Å². The Morgan fingerprint density at radius 3 is 1.55 bits per heavy atom. The normalized spacial score (nSPS) is 28.2. The summed E-state index contributed by atoms with van der Waals surface area (Å²) >= 11 is -0.725. The van der Waals surface area contributed by atoms with Crippen LogP contribution in [0.2, 0.25) is 0 Å². The summed E-state index contributed by atoms with van der Waals surface area (Å²) in [5.41, 5.74) is -0.477. The number of ether oxygens (including phenoxy) is 10. The number of nitrogens with zero attached hydrogens (tertiary/aromatic N) is 1. The van der Waals surface area contributed by atoms with Gasteiger partial charge in [-0.3, -0.25) is 9.59 Å². The van der Waals surface area contributed by atoms with Crippen LogP contribution in [0.15, 0.2) is 29.1 Å². The van der Waals surface area contributed by atoms with Crippen LogP contribution in [0.1, 0.15) is 54.7 Å². The zero-order valence-electron chi connectivity index (χ0n) is 29.7. The second kappa shape index (κ2) is 17.9. The first-order valence-corrected chi connectivity index (χ1v) is 17.8. The number of benzene rings is 1. The zero-order chi connectivity index (χ0) is 39.1. The Labute approximate surface area is 307 Å². The van der Waals surface area contributed by atoms with Gasteiger partial charge in [0.25, 0.3) is 0 Å². The van der Waals surface area contributed by atoms with Crippen molar-refractivity contribution in [1.82, 2.24) is 3.56 Å². The first-order valence-electron chi connectivity index (χ1n) is 16.2. The Morgan fingerprint density at radius 1 is 0.585 bits per heavy atom. The van der Waals surface area contributed by atoms with Crippen LogP contribution in [0.25, 0.3) is 9.65 Å². The van der Waals surface area contributed by atoms with Crippen LogP contribution in [0.3, 0.4) is 0 Å². The number of carbonyl (C=O) groups excluding carboxylic acids is 7. The Morgan fingerprint density at radius 2 is 1.04 bits per heavy atom. The van der Waals surface area contributed by atoms with Gasteiger partial charge in [0.2, 0.25) is 0 Å². The molecule has 290 valence electrons. The van der Waals surface area contributed by atoms with Crippen molar-refractivity contribution in [3.05, 3.63) is 34.6 Å². The molecule has 1 aromatic carbocycles. The summed E-state index contributed by atoms with van der Waals surface area (Å²) in [6.45, 7) is 6.30. The molecule has 0 amide bonds. The van der Waals surface area contributed by atoms with Crippen molar-refractivity contribution in [2.45, 2.75) is 110 Å². The Bertz CT molecular complexity index is 1770. The van der Waals surface area contributed by atoms with E-state index in [-0.39, 0.29) is 0 Å². The van der Waals surface area contributed by atoms with Gasteiger partial charge in [0.15, 0.2) is 0 Å². The monoisotopic (exact) mass is 817 g/mol. The molecule has 2 aliphatic heterocycles. The van der Waals surface area contributed by atoms with Crippen molar-refractivity contribution in [1.29, 1.82) is 0 Å². The van der Waals surface area contributed by atoms with E-state index in [1.807, 2.05) is 0 Å². The van der Waals surface area contributed by atoms with Crippen molar-refractivity contribution in [2.24, 2.45) is 0 Å². The SMILES string of the molecule is CC(=O)OC[C@H]1O[C@@H](O[C@H]2[C@H](OC(C)=O)[C@@H](OC(C)=O)[C@H](n3[se]c4ccccc4c3=O)O[C@@H]2COC(C)=O)[C@H](OC(C)=O)[C@@H](OC(C)=O)[C@H]1OC(C)=O. The van der Waals surface area contributed by atoms with E-state index in [1.165, 1.54) is 3.56 Å². The summed E-state index contributed by atoms with van der Waals surface area (Å²) in [6.07, 6.45) is -15.8. The van der Waals surface area contributed by atoms with E-state index in [2.05, 4.69) is 0 Å². The van der Waals surface area contributed by atoms with Gasteiger partial charge in [-0.15, -0.1) is 0 Å². The van der Waals surface area contributed by atoms with Crippen molar-refractivity contribution in [3.8, 4) is 0 Å². The summed E-state index contributed by atoms with van der Waals surface area (Å²) in [4.78, 5) is 99.8. The standard InChI is InChI=1S/C33H39NO18Se/c1-14(35)43-12-22-26(27(46-17(4)38)29(48-19(6)40)32(50-22)34-31(42)21-10-8-9-11-24(21)53-34)52-33-30(49-20(7)41)28(47-18(5)39)25(45-16(3)37)23(51-33)13-44-15(2)36/h8-11,22-23,25-30,32-33H,12-13H2,1-7H3/t22-,23-,25+,26-,27+,28+,29-,30-,32-,33+/m1/s1. The van der Waals surface area contributed by atoms with Gasteiger partial charge in [-0.05, 0) is 0 Å². The molecule has 2 aromatic rings. The van der Waals surface area contributed by atoms with E-state index >= 15 is 0 Å². The van der Waals surface area contributed by atoms with Gasteiger partial charge in [-0.2, -0.15) is 0 Å². The average Bonchev–Trinajstić information content (AvgIpc) is 3.38. The molecule has 0 spiro atoms. The van der Waals surface area contributed by atoms with E-state index in [4.69, 9.17) is 47.4 Å². The first kappa shape index (κ1) is 41.1. The average molecular weight is 817 g/mol. The predicted octanol–water partition coefficient (Wildman–Crippen LogP) is -0.149. The van der Waals surface area contributed by atoms with Gasteiger partial charge in [0.05, 0.1) is 0 Å². The van der Waals surface area contributed by atoms with Crippen molar-refractivity contribution in [2.75, 3.05) is 13.2 Å². The van der Waals surface area contributed by atoms with E-state index in [0.717, 1.165) is 48.5 Å². The van der Waals surface area contributed by atoms with Crippen LogP contribution in [-0.4, -0.2) is 128 Å². The number of esters is 7. The van der Waals surface area contributed by atoms with Crippen molar-refractivity contribution >= 4 is 66.2 Å². The van der Waals surface area contributed by atoms with Gasteiger partial charge < -0.3 is 0 Å². The Balaban J connectivity index is 1.88. The molecule has 1 aromatic heterocycles. The van der Waals surface area contributed by atoms with Gasteiger partial charge >= 0.3 is 285 Å². The summed E-state index contributed by atoms with van der Waals surface area (Å²) < 4.78 is 59.0. The van der Waals surface area contributed by atoms with E-state index in [0.29, 0.717) is 9.65 Å². The molecule has 2 fully saturated rings. The van der Waals surface area contributed by atoms with Gasteiger partial charge in [0.1, 0.15) is 0 Å². The summed E-state index contributed by atoms with van der Waals surface area (Å²) in [5.74, 6) is -5.96. The van der Waals surface area contributed by atoms with Crippen molar-refractivity contribution < 1.29 is 80.9 Å². The molecule has 0 aliphatic carbocycles. The molecule has 10 atom stereocenters. The molecular weight excluding hydrogens is 777 g/mol. The summed E-state index contributed by atoms with van der Waals surface area (Å²) in [5, 5.41) is 0.370. The van der Waals surface area contributed by atoms with E-state index in [9.17, 15) is 38.4 Å². The second-order valence-electron chi connectivity index (χ2n) is 11.9. The van der Waals surface area contributed by atoms with Crippen molar-refractivity contribution in [3.63, 3.8) is 0 Å². The fraction of sp³-hybridized carbons (Fsp3) is 0.576. The molecule has 2 saturated heterocycles. The smallest absolute Gasteiger partial charge is 0.253 e. The van der Waals surface area contributed by atoms with Gasteiger partial charge in [-0.1, -0.05) is 0 Å². The van der Waals surface area contributed by atoms with Crippen LogP contribution in [0, 0.1) is 0 Å². The van der Waals surface area contributed by atoms with E-state index in [1.54, 1.807) is 24.3 Å². The van der Waals surface area contributed by atoms with Crippen LogP contribution in [0.4, 0.5) is 0 Å². The minimum Gasteiger partial charge on any atom is -0.253 e. The van der Waals surface area contributed by atoms with Crippen LogP contribution in [-0.2, 0) is 80.9 Å². The number of aromatic nitrogens is 1. The molecule has 0 bridgehead atoms. The van der Waals surface area contributed by atoms with Crippen LogP contribution in [0.5, 0.6) is 0 Å². The topological polar surface area (TPSA) is 234 Å². The molecule has 0 saturated carbocycles. The summed E-state index contributed by atoms with van der Waals surface area (Å²) in [6, 6.07) is 6.77. The van der Waals surface area contributed by atoms with Gasteiger partial charge in [-0.25, -0.2) is 0 Å². The predicted molar refractivity (Wildman–Crippen MR) is 174 cm³/mol. The number of hydrogen-bond donors (Lipinski definition) is 0. The third-order valence-electron chi connectivity index (χ3n) is 7.65. The molecule has 0 radical (unpaired) electrons. The fourth-order valence-electron chi connectivity index (χ4n) is 5.83. The number of carbonyl (C=O) groups is 7. The first-order chi connectivity index (χ1) is 25.0. The molecule has 2 aliphatic rings. The minimum absolute atomic E-state index is 0.370. The number of fused-ring (bicyclic) bond motifs is 1. The molecule has 19 nitrogen and oxygen atoms in total. The van der Waals surface area contributed by atoms with Crippen LogP contribution < -0.4 is 5.56 Å². The third kappa shape index (κ3) is 10.5. The quantitative estimate of drug-likeness (QED) is 0.154. The number of hydrogen-bond acceptors (Lipinski definition) is 18. The molecule has 0 N–H and O–H groups in total. The maximum atomic E-state index is 13.7. The minimum atomic E-state index is -1.82. The molecular formula is C33H39NO18Se. The molecule has 0 unspecified atom stereocenters. The number of rotatable bonds is 12. The zero-order valence-corrected chi connectivity index (χ0v) is 31.4. The van der Waals surface area contributed by atoms with Crippen LogP contribution >= 0.6 is 0 Å². The molecule has 3 heterocycles.